The van der Waals surface area contributed by atoms with Crippen LogP contribution in [0.15, 0.2) is 66.7 Å². The van der Waals surface area contributed by atoms with Crippen molar-refractivity contribution in [3.8, 4) is 5.75 Å². The van der Waals surface area contributed by atoms with Gasteiger partial charge in [0.05, 0.1) is 36.2 Å². The van der Waals surface area contributed by atoms with E-state index in [1.165, 1.54) is 30.2 Å². The average molecular weight is 721 g/mol. The van der Waals surface area contributed by atoms with E-state index < -0.39 is 45.4 Å². The Balaban J connectivity index is 0.000000185. The summed E-state index contributed by atoms with van der Waals surface area (Å²) in [7, 11) is -1.94. The third-order valence-electron chi connectivity index (χ3n) is 9.34. The Morgan fingerprint density at radius 3 is 1.96 bits per heavy atom. The summed E-state index contributed by atoms with van der Waals surface area (Å²) in [4.78, 5) is 27.2. The fraction of sp³-hybridized carbons (Fsp3) is 0.375. The summed E-state index contributed by atoms with van der Waals surface area (Å²) in [6, 6.07) is 18.1. The Hall–Kier alpha value is -3.75. The highest BCUT2D eigenvalue weighted by Crippen LogP contribution is 2.52. The number of rotatable bonds is 4. The van der Waals surface area contributed by atoms with E-state index in [9.17, 15) is 26.8 Å². The Kier molecular flexibility index (Phi) is 8.49. The monoisotopic (exact) mass is 719 g/mol. The molecule has 2 aliphatic carbocycles. The lowest BCUT2D eigenvalue weighted by Crippen LogP contribution is -2.53. The number of amides is 2. The topological polar surface area (TPSA) is 114 Å². The fourth-order valence-corrected chi connectivity index (χ4v) is 9.53. The molecule has 0 aromatic heterocycles. The first-order valence-electron chi connectivity index (χ1n) is 14.7. The Morgan fingerprint density at radius 2 is 1.33 bits per heavy atom. The molecule has 2 amide bonds. The van der Waals surface area contributed by atoms with Gasteiger partial charge < -0.3 is 23.5 Å². The number of carbonyl (C=O) groups is 2. The fourth-order valence-electron chi connectivity index (χ4n) is 7.34. The van der Waals surface area contributed by atoms with Gasteiger partial charge in [0.15, 0.2) is 11.6 Å². The second-order valence-corrected chi connectivity index (χ2v) is 14.3. The van der Waals surface area contributed by atoms with Crippen LogP contribution in [0.5, 0.6) is 5.75 Å². The summed E-state index contributed by atoms with van der Waals surface area (Å²) in [5.41, 5.74) is 3.04. The van der Waals surface area contributed by atoms with Crippen LogP contribution in [0.2, 0.25) is 0 Å². The molecule has 0 saturated carbocycles. The number of benzene rings is 3. The smallest absolute Gasteiger partial charge is 0.409 e. The third kappa shape index (κ3) is 5.39. The van der Waals surface area contributed by atoms with Crippen molar-refractivity contribution in [3.63, 3.8) is 0 Å². The second kappa shape index (κ2) is 12.1. The summed E-state index contributed by atoms with van der Waals surface area (Å²) < 4.78 is 70.1. The number of ether oxygens (including phenoxy) is 2. The molecule has 46 heavy (non-hydrogen) atoms. The molecule has 2 heterocycles. The third-order valence-corrected chi connectivity index (χ3v) is 11.7. The number of hydrogen-bond acceptors (Lipinski definition) is 7. The Labute approximate surface area is 274 Å². The molecule has 4 atom stereocenters. The highest BCUT2D eigenvalue weighted by Gasteiger charge is 2.57. The van der Waals surface area contributed by atoms with Crippen molar-refractivity contribution < 1.29 is 40.4 Å². The number of alkyl halides is 1. The van der Waals surface area contributed by atoms with Gasteiger partial charge in [-0.1, -0.05) is 70.5 Å². The zero-order valence-electron chi connectivity index (χ0n) is 25.0. The van der Waals surface area contributed by atoms with E-state index in [1.807, 2.05) is 17.0 Å². The van der Waals surface area contributed by atoms with Crippen LogP contribution in [0.3, 0.4) is 0 Å². The number of nitrogens with zero attached hydrogens (tertiary/aromatic N) is 2. The Bertz CT molecular complexity index is 1780. The number of hydrogen-bond donors (Lipinski definition) is 1. The molecule has 0 unspecified atom stereocenters. The van der Waals surface area contributed by atoms with Crippen LogP contribution in [-0.4, -0.2) is 69.8 Å². The molecule has 10 nitrogen and oxygen atoms in total. The molecular formula is C32H32BrF2N3O7S. The van der Waals surface area contributed by atoms with Crippen LogP contribution in [-0.2, 0) is 42.5 Å². The summed E-state index contributed by atoms with van der Waals surface area (Å²) in [6.45, 7) is 1.01. The van der Waals surface area contributed by atoms with E-state index in [0.717, 1.165) is 43.1 Å². The molecule has 0 spiro atoms. The molecule has 14 heteroatoms. The van der Waals surface area contributed by atoms with Gasteiger partial charge in [-0.3, -0.25) is 0 Å². The van der Waals surface area contributed by atoms with Crippen molar-refractivity contribution in [3.05, 3.63) is 101 Å². The van der Waals surface area contributed by atoms with Crippen molar-refractivity contribution in [2.75, 3.05) is 27.3 Å². The number of likely N-dealkylation sites (tertiary alicyclic amines) is 2. The van der Waals surface area contributed by atoms with Gasteiger partial charge in [0, 0.05) is 13.1 Å². The maximum absolute atomic E-state index is 13.9. The van der Waals surface area contributed by atoms with E-state index in [4.69, 9.17) is 13.7 Å². The first-order chi connectivity index (χ1) is 21.9. The van der Waals surface area contributed by atoms with E-state index in [0.29, 0.717) is 12.0 Å². The predicted octanol–water partition coefficient (Wildman–Crippen LogP) is 5.14. The molecule has 3 aromatic carbocycles. The van der Waals surface area contributed by atoms with E-state index in [2.05, 4.69) is 44.9 Å². The van der Waals surface area contributed by atoms with Gasteiger partial charge in [-0.25, -0.2) is 18.4 Å². The molecule has 2 fully saturated rings. The van der Waals surface area contributed by atoms with Crippen molar-refractivity contribution >= 4 is 38.4 Å². The standard InChI is InChI=1S/C19H18F2N2O5S.C13H14BrNO2/c1-27-18(24)23-10-9-19(13-6-3-2-5-12(13)11-16(19)23)22-29(25,26)28-17-14(20)7-4-8-15(17)21;1-17-12(16)15-7-6-13(14)10-5-3-2-4-9(10)8-11(13)15/h2-8,16,22H,9-11H2,1H3;2-5,11H,6-8H2,1H3/t16-,19-;11-,13-/m00/s1. The second-order valence-electron chi connectivity index (χ2n) is 11.6. The van der Waals surface area contributed by atoms with E-state index in [-0.39, 0.29) is 29.4 Å². The van der Waals surface area contributed by atoms with Crippen LogP contribution in [0.25, 0.3) is 0 Å². The molecule has 244 valence electrons. The van der Waals surface area contributed by atoms with Crippen LogP contribution in [0.1, 0.15) is 35.1 Å². The molecule has 3 aromatic rings. The normalized spacial score (nSPS) is 25.5. The van der Waals surface area contributed by atoms with Gasteiger partial charge in [-0.15, -0.1) is 0 Å². The summed E-state index contributed by atoms with van der Waals surface area (Å²) in [5, 5.41) is 0. The largest absolute Gasteiger partial charge is 0.453 e. The van der Waals surface area contributed by atoms with E-state index in [1.54, 1.807) is 12.1 Å². The summed E-state index contributed by atoms with van der Waals surface area (Å²) in [6.07, 6.45) is 1.72. The first kappa shape index (κ1) is 32.2. The molecule has 0 bridgehead atoms. The molecule has 1 N–H and O–H groups in total. The van der Waals surface area contributed by atoms with Gasteiger partial charge in [-0.05, 0) is 60.1 Å². The number of nitrogens with one attached hydrogen (secondary N) is 1. The van der Waals surface area contributed by atoms with Gasteiger partial charge >= 0.3 is 22.5 Å². The minimum atomic E-state index is -4.63. The van der Waals surface area contributed by atoms with Gasteiger partial charge in [0.1, 0.15) is 0 Å². The van der Waals surface area contributed by atoms with E-state index >= 15 is 0 Å². The molecule has 0 radical (unpaired) electrons. The van der Waals surface area contributed by atoms with Crippen LogP contribution < -0.4 is 8.91 Å². The summed E-state index contributed by atoms with van der Waals surface area (Å²) >= 11 is 3.86. The predicted molar refractivity (Wildman–Crippen MR) is 167 cm³/mol. The minimum absolute atomic E-state index is 0.0716. The minimum Gasteiger partial charge on any atom is -0.453 e. The molecule has 2 saturated heterocycles. The zero-order valence-corrected chi connectivity index (χ0v) is 27.4. The van der Waals surface area contributed by atoms with Gasteiger partial charge in [-0.2, -0.15) is 13.1 Å². The average Bonchev–Trinajstić information content (AvgIpc) is 3.74. The number of fused-ring (bicyclic) bond motifs is 6. The Morgan fingerprint density at radius 1 is 0.804 bits per heavy atom. The quantitative estimate of drug-likeness (QED) is 0.372. The zero-order chi connectivity index (χ0) is 32.9. The highest BCUT2D eigenvalue weighted by atomic mass is 79.9. The lowest BCUT2D eigenvalue weighted by molar-refractivity contribution is 0.112. The SMILES string of the molecule is COC(=O)N1CC[C@]2(Br)c3ccccc3C[C@H]12.COC(=O)N1CC[C@]2(NS(=O)(=O)Oc3c(F)cccc3F)c3ccccc3C[C@H]12. The van der Waals surface area contributed by atoms with Crippen molar-refractivity contribution in [2.45, 2.75) is 47.6 Å². The molecule has 7 rings (SSSR count). The first-order valence-corrected chi connectivity index (χ1v) is 16.9. The maximum Gasteiger partial charge on any atom is 0.409 e. The summed E-state index contributed by atoms with van der Waals surface area (Å²) in [5.74, 6) is -3.29. The van der Waals surface area contributed by atoms with Crippen molar-refractivity contribution in [1.82, 2.24) is 14.5 Å². The number of carbonyl (C=O) groups excluding carboxylic acids is 2. The molecule has 4 aliphatic rings. The number of methoxy groups -OCH3 is 2. The van der Waals surface area contributed by atoms with Gasteiger partial charge in [0.2, 0.25) is 5.75 Å². The molecular weight excluding hydrogens is 688 g/mol. The lowest BCUT2D eigenvalue weighted by atomic mass is 9.89. The molecule has 2 aliphatic heterocycles. The van der Waals surface area contributed by atoms with Crippen LogP contribution in [0, 0.1) is 11.6 Å². The lowest BCUT2D eigenvalue weighted by Gasteiger charge is -2.32. The van der Waals surface area contributed by atoms with Crippen LogP contribution >= 0.6 is 15.9 Å². The maximum atomic E-state index is 13.9. The number of para-hydroxylation sites is 1. The van der Waals surface area contributed by atoms with Gasteiger partial charge in [0.25, 0.3) is 0 Å². The number of halogens is 3. The van der Waals surface area contributed by atoms with Crippen molar-refractivity contribution in [2.24, 2.45) is 0 Å². The highest BCUT2D eigenvalue weighted by molar-refractivity contribution is 9.09. The van der Waals surface area contributed by atoms with Crippen LogP contribution in [0.4, 0.5) is 18.4 Å². The van der Waals surface area contributed by atoms with Crippen molar-refractivity contribution in [1.29, 1.82) is 0 Å².